The minimum atomic E-state index is -0.588. The molecule has 14 heteroatoms. The van der Waals surface area contributed by atoms with Crippen LogP contribution in [0.3, 0.4) is 0 Å². The molecular weight excluding hydrogens is 555 g/mol. The van der Waals surface area contributed by atoms with Gasteiger partial charge in [0.25, 0.3) is 17.1 Å². The molecule has 1 aliphatic heterocycles. The van der Waals surface area contributed by atoms with E-state index < -0.39 is 16.6 Å². The summed E-state index contributed by atoms with van der Waals surface area (Å²) in [6.07, 6.45) is 2.53. The van der Waals surface area contributed by atoms with Gasteiger partial charge >= 0.3 is 5.69 Å². The van der Waals surface area contributed by atoms with Crippen LogP contribution in [0.4, 0.5) is 26.2 Å². The molecule has 0 unspecified atom stereocenters. The highest BCUT2D eigenvalue weighted by atomic mass is 32.2. The van der Waals surface area contributed by atoms with E-state index in [9.17, 15) is 28.9 Å². The predicted molar refractivity (Wildman–Crippen MR) is 149 cm³/mol. The molecule has 2 heterocycles. The van der Waals surface area contributed by atoms with Crippen molar-refractivity contribution in [3.8, 4) is 0 Å². The number of carbonyl (C=O) groups excluding carboxylic acids is 3. The van der Waals surface area contributed by atoms with Gasteiger partial charge in [0.2, 0.25) is 5.52 Å². The molecule has 41 heavy (non-hydrogen) atoms. The normalized spacial score (nSPS) is 14.2. The highest BCUT2D eigenvalue weighted by Crippen LogP contribution is 2.33. The predicted octanol–water partition coefficient (Wildman–Crippen LogP) is 5.26. The van der Waals surface area contributed by atoms with Crippen LogP contribution < -0.4 is 10.6 Å². The van der Waals surface area contributed by atoms with E-state index in [1.807, 2.05) is 0 Å². The van der Waals surface area contributed by atoms with Crippen molar-refractivity contribution in [2.24, 2.45) is 0 Å². The van der Waals surface area contributed by atoms with Crippen LogP contribution in [-0.4, -0.2) is 50.3 Å². The lowest BCUT2D eigenvalue weighted by Gasteiger charge is -2.14. The molecule has 2 N–H and O–H groups in total. The number of anilines is 2. The number of aromatic nitrogens is 2. The fourth-order valence-electron chi connectivity index (χ4n) is 4.13. The van der Waals surface area contributed by atoms with Gasteiger partial charge in [-0.1, -0.05) is 24.3 Å². The Hall–Kier alpha value is -5.11. The number of nitrogens with one attached hydrogen (secondary N) is 2. The lowest BCUT2D eigenvalue weighted by molar-refractivity contribution is -0.383. The second-order valence-corrected chi connectivity index (χ2v) is 9.86. The van der Waals surface area contributed by atoms with Crippen LogP contribution in [0.5, 0.6) is 0 Å². The molecule has 4 aromatic rings. The van der Waals surface area contributed by atoms with Crippen molar-refractivity contribution >= 4 is 63.0 Å². The van der Waals surface area contributed by atoms with E-state index in [0.29, 0.717) is 41.9 Å². The summed E-state index contributed by atoms with van der Waals surface area (Å²) in [7, 11) is 0. The van der Waals surface area contributed by atoms with E-state index in [-0.39, 0.29) is 39.3 Å². The van der Waals surface area contributed by atoms with Crippen molar-refractivity contribution in [1.29, 1.82) is 0 Å². The molecule has 0 radical (unpaired) electrons. The monoisotopic (exact) mass is 576 g/mol. The van der Waals surface area contributed by atoms with Gasteiger partial charge < -0.3 is 10.6 Å². The van der Waals surface area contributed by atoms with Gasteiger partial charge in [0.05, 0.1) is 26.8 Å². The summed E-state index contributed by atoms with van der Waals surface area (Å²) in [5.41, 5.74) is 1.63. The number of rotatable bonds is 10. The third-order valence-electron chi connectivity index (χ3n) is 6.17. The number of halogens is 1. The first-order chi connectivity index (χ1) is 19.8. The lowest BCUT2D eigenvalue weighted by atomic mass is 10.1. The Kier molecular flexibility index (Phi) is 8.01. The average Bonchev–Trinajstić information content (AvgIpc) is 3.55. The van der Waals surface area contributed by atoms with Crippen LogP contribution in [0.15, 0.2) is 70.2 Å². The zero-order valence-electron chi connectivity index (χ0n) is 21.2. The van der Waals surface area contributed by atoms with Crippen molar-refractivity contribution in [3.63, 3.8) is 0 Å². The second kappa shape index (κ2) is 12.0. The van der Waals surface area contributed by atoms with Crippen LogP contribution in [0.25, 0.3) is 17.1 Å². The SMILES string of the molecule is O=C(NCCCCN1C(=O)S/C(=C\c2ccc(F)cc2)C1=O)c1ccccc1Nc1ccc([N+](=O)[O-])c2nonc12. The van der Waals surface area contributed by atoms with E-state index in [4.69, 9.17) is 0 Å². The third-order valence-corrected chi connectivity index (χ3v) is 7.07. The number of unbranched alkanes of at least 4 members (excludes halogenated alkanes) is 1. The largest absolute Gasteiger partial charge is 0.353 e. The van der Waals surface area contributed by atoms with Gasteiger partial charge in [-0.2, -0.15) is 0 Å². The molecule has 1 fully saturated rings. The van der Waals surface area contributed by atoms with Gasteiger partial charge in [-0.15, -0.1) is 0 Å². The van der Waals surface area contributed by atoms with E-state index in [1.54, 1.807) is 30.3 Å². The number of nitro benzene ring substituents is 1. The summed E-state index contributed by atoms with van der Waals surface area (Å²) in [6, 6.07) is 15.1. The molecule has 0 saturated carbocycles. The first-order valence-corrected chi connectivity index (χ1v) is 13.2. The van der Waals surface area contributed by atoms with Gasteiger partial charge in [0.1, 0.15) is 5.82 Å². The van der Waals surface area contributed by atoms with E-state index in [0.717, 1.165) is 16.7 Å². The standard InChI is InChI=1S/C27H21FN6O6S/c28-17-9-7-16(8-10-17)15-22-26(36)33(27(37)41-22)14-4-3-13-29-25(35)18-5-1-2-6-19(18)30-20-11-12-21(34(38)39)24-23(20)31-40-32-24/h1-2,5-12,15,30H,3-4,13-14H2,(H,29,35)/b22-15-. The lowest BCUT2D eigenvalue weighted by Crippen LogP contribution is -2.30. The molecule has 5 rings (SSSR count). The maximum Gasteiger partial charge on any atom is 0.300 e. The minimum Gasteiger partial charge on any atom is -0.353 e. The van der Waals surface area contributed by atoms with Crippen molar-refractivity contribution in [1.82, 2.24) is 20.5 Å². The van der Waals surface area contributed by atoms with E-state index in [2.05, 4.69) is 25.6 Å². The minimum absolute atomic E-state index is 0.0200. The topological polar surface area (TPSA) is 161 Å². The Bertz CT molecular complexity index is 1690. The zero-order valence-corrected chi connectivity index (χ0v) is 22.0. The summed E-state index contributed by atoms with van der Waals surface area (Å²) < 4.78 is 17.8. The number of imide groups is 1. The van der Waals surface area contributed by atoms with Gasteiger partial charge in [0, 0.05) is 19.2 Å². The molecular formula is C27H21FN6O6S. The van der Waals surface area contributed by atoms with E-state index >= 15 is 0 Å². The number of benzene rings is 3. The molecule has 1 aliphatic rings. The van der Waals surface area contributed by atoms with E-state index in [1.165, 1.54) is 36.4 Å². The van der Waals surface area contributed by atoms with Crippen LogP contribution in [-0.2, 0) is 4.79 Å². The number of nitrogens with zero attached hydrogens (tertiary/aromatic N) is 4. The van der Waals surface area contributed by atoms with Crippen molar-refractivity contribution in [2.75, 3.05) is 18.4 Å². The van der Waals surface area contributed by atoms with Gasteiger partial charge in [-0.05, 0) is 76.9 Å². The van der Waals surface area contributed by atoms with Crippen LogP contribution >= 0.6 is 11.8 Å². The maximum absolute atomic E-state index is 13.1. The quantitative estimate of drug-likeness (QED) is 0.110. The number of nitro groups is 1. The number of non-ortho nitro benzene ring substituents is 1. The number of amides is 3. The average molecular weight is 577 g/mol. The highest BCUT2D eigenvalue weighted by molar-refractivity contribution is 8.18. The summed E-state index contributed by atoms with van der Waals surface area (Å²) >= 11 is 0.833. The number of fused-ring (bicyclic) bond motifs is 1. The van der Waals surface area contributed by atoms with Gasteiger partial charge in [-0.3, -0.25) is 29.4 Å². The van der Waals surface area contributed by atoms with Gasteiger partial charge in [0.15, 0.2) is 5.52 Å². The first kappa shape index (κ1) is 27.5. The smallest absolute Gasteiger partial charge is 0.300 e. The Labute approximate surface area is 235 Å². The molecule has 12 nitrogen and oxygen atoms in total. The zero-order chi connectivity index (χ0) is 28.9. The number of hydrogen-bond acceptors (Lipinski definition) is 10. The molecule has 1 saturated heterocycles. The summed E-state index contributed by atoms with van der Waals surface area (Å²) in [6.45, 7) is 0.491. The van der Waals surface area contributed by atoms with Crippen LogP contribution in [0, 0.1) is 15.9 Å². The molecule has 0 bridgehead atoms. The summed E-state index contributed by atoms with van der Waals surface area (Å²) in [5.74, 6) is -1.16. The molecule has 0 spiro atoms. The third kappa shape index (κ3) is 6.06. The van der Waals surface area contributed by atoms with Crippen LogP contribution in [0.1, 0.15) is 28.8 Å². The Balaban J connectivity index is 1.15. The summed E-state index contributed by atoms with van der Waals surface area (Å²) in [4.78, 5) is 50.0. The van der Waals surface area contributed by atoms with Crippen LogP contribution in [0.2, 0.25) is 0 Å². The molecule has 3 amide bonds. The Morgan fingerprint density at radius 2 is 1.78 bits per heavy atom. The number of para-hydroxylation sites is 1. The first-order valence-electron chi connectivity index (χ1n) is 12.4. The van der Waals surface area contributed by atoms with Crippen molar-refractivity contribution in [2.45, 2.75) is 12.8 Å². The number of hydrogen-bond donors (Lipinski definition) is 2. The molecule has 1 aromatic heterocycles. The fourth-order valence-corrected chi connectivity index (χ4v) is 5.00. The second-order valence-electron chi connectivity index (χ2n) is 8.87. The van der Waals surface area contributed by atoms with Crippen molar-refractivity contribution in [3.05, 3.63) is 92.6 Å². The van der Waals surface area contributed by atoms with Crippen molar-refractivity contribution < 1.29 is 28.3 Å². The van der Waals surface area contributed by atoms with Gasteiger partial charge in [-0.25, -0.2) is 9.02 Å². The molecule has 0 atom stereocenters. The fraction of sp³-hybridized carbons (Fsp3) is 0.148. The Morgan fingerprint density at radius 1 is 1.02 bits per heavy atom. The molecule has 3 aromatic carbocycles. The highest BCUT2D eigenvalue weighted by Gasteiger charge is 2.34. The number of carbonyl (C=O) groups is 3. The molecule has 208 valence electrons. The Morgan fingerprint density at radius 3 is 2.56 bits per heavy atom. The molecule has 0 aliphatic carbocycles. The maximum atomic E-state index is 13.1. The summed E-state index contributed by atoms with van der Waals surface area (Å²) in [5, 5.41) is 24.1. The number of thioether (sulfide) groups is 1.